The van der Waals surface area contributed by atoms with Gasteiger partial charge in [-0.15, -0.1) is 0 Å². The summed E-state index contributed by atoms with van der Waals surface area (Å²) >= 11 is 0. The Hall–Kier alpha value is -2.20. The number of anilines is 1. The first-order chi connectivity index (χ1) is 8.77. The zero-order chi connectivity index (χ0) is 14.6. The number of carboxylic acid groups (broad SMARTS) is 1. The molecule has 0 amide bonds. The summed E-state index contributed by atoms with van der Waals surface area (Å²) in [6, 6.07) is 3.14. The van der Waals surface area contributed by atoms with E-state index in [0.717, 1.165) is 18.2 Å². The molecule has 0 unspecified atom stereocenters. The zero-order valence-corrected chi connectivity index (χ0v) is 10.6. The van der Waals surface area contributed by atoms with Crippen molar-refractivity contribution in [2.24, 2.45) is 0 Å². The molecule has 0 heterocycles. The van der Waals surface area contributed by atoms with Gasteiger partial charge in [0.05, 0.1) is 9.82 Å². The predicted octanol–water partition coefficient (Wildman–Crippen LogP) is -0.000600. The van der Waals surface area contributed by atoms with Crippen molar-refractivity contribution in [1.29, 1.82) is 0 Å². The molecule has 0 spiro atoms. The third kappa shape index (κ3) is 3.63. The van der Waals surface area contributed by atoms with Crippen molar-refractivity contribution in [3.8, 4) is 0 Å². The number of nitro benzene ring substituents is 1. The molecular formula is C9H11N3O6S. The van der Waals surface area contributed by atoms with Crippen LogP contribution in [0.1, 0.15) is 0 Å². The number of aliphatic carboxylic acids is 1. The SMILES string of the molecule is CNS(=O)(=O)c1ccc(NCC(=O)O)c([N+](=O)[O-])c1. The Morgan fingerprint density at radius 1 is 1.47 bits per heavy atom. The normalized spacial score (nSPS) is 11.0. The first-order valence-electron chi connectivity index (χ1n) is 4.95. The van der Waals surface area contributed by atoms with Gasteiger partial charge >= 0.3 is 5.97 Å². The van der Waals surface area contributed by atoms with Gasteiger partial charge in [-0.05, 0) is 19.2 Å². The summed E-state index contributed by atoms with van der Waals surface area (Å²) in [5.74, 6) is -1.19. The highest BCUT2D eigenvalue weighted by Gasteiger charge is 2.20. The van der Waals surface area contributed by atoms with Gasteiger partial charge in [0, 0.05) is 6.07 Å². The molecule has 0 bridgehead atoms. The lowest BCUT2D eigenvalue weighted by molar-refractivity contribution is -0.384. The monoisotopic (exact) mass is 289 g/mol. The second-order valence-corrected chi connectivity index (χ2v) is 5.28. The van der Waals surface area contributed by atoms with Crippen LogP contribution in [-0.4, -0.2) is 38.0 Å². The van der Waals surface area contributed by atoms with Gasteiger partial charge in [-0.1, -0.05) is 0 Å². The van der Waals surface area contributed by atoms with E-state index in [9.17, 15) is 23.3 Å². The largest absolute Gasteiger partial charge is 0.480 e. The number of sulfonamides is 1. The molecule has 0 aromatic heterocycles. The number of hydrogen-bond donors (Lipinski definition) is 3. The summed E-state index contributed by atoms with van der Waals surface area (Å²) in [7, 11) is -2.62. The van der Waals surface area contributed by atoms with Crippen LogP contribution >= 0.6 is 0 Å². The molecule has 19 heavy (non-hydrogen) atoms. The minimum atomic E-state index is -3.80. The maximum absolute atomic E-state index is 11.5. The average Bonchev–Trinajstić information content (AvgIpc) is 2.35. The minimum Gasteiger partial charge on any atom is -0.480 e. The molecule has 0 aliphatic carbocycles. The van der Waals surface area contributed by atoms with Crippen LogP contribution in [-0.2, 0) is 14.8 Å². The van der Waals surface area contributed by atoms with E-state index in [4.69, 9.17) is 5.11 Å². The number of rotatable bonds is 6. The van der Waals surface area contributed by atoms with Crippen molar-refractivity contribution < 1.29 is 23.2 Å². The van der Waals surface area contributed by atoms with Gasteiger partial charge in [-0.25, -0.2) is 13.1 Å². The third-order valence-corrected chi connectivity index (χ3v) is 3.59. The molecule has 0 aliphatic rings. The van der Waals surface area contributed by atoms with Gasteiger partial charge in [0.2, 0.25) is 10.0 Å². The van der Waals surface area contributed by atoms with Crippen LogP contribution < -0.4 is 10.0 Å². The molecule has 1 aromatic rings. The highest BCUT2D eigenvalue weighted by Crippen LogP contribution is 2.27. The van der Waals surface area contributed by atoms with Gasteiger partial charge < -0.3 is 10.4 Å². The lowest BCUT2D eigenvalue weighted by Crippen LogP contribution is -2.19. The summed E-state index contributed by atoms with van der Waals surface area (Å²) in [6.45, 7) is -0.515. The van der Waals surface area contributed by atoms with Crippen LogP contribution in [0.3, 0.4) is 0 Å². The van der Waals surface area contributed by atoms with Crippen LogP contribution in [0.5, 0.6) is 0 Å². The standard InChI is InChI=1S/C9H11N3O6S/c1-10-19(17,18)6-2-3-7(11-5-9(13)14)8(4-6)12(15)16/h2-4,10-11H,5H2,1H3,(H,13,14). The molecule has 104 valence electrons. The molecule has 0 saturated carbocycles. The van der Waals surface area contributed by atoms with Crippen LogP contribution in [0.2, 0.25) is 0 Å². The topological polar surface area (TPSA) is 139 Å². The number of nitrogens with zero attached hydrogens (tertiary/aromatic N) is 1. The summed E-state index contributed by atoms with van der Waals surface area (Å²) < 4.78 is 25.0. The fourth-order valence-corrected chi connectivity index (χ4v) is 2.02. The molecule has 0 radical (unpaired) electrons. The van der Waals surface area contributed by atoms with Crippen LogP contribution in [0.25, 0.3) is 0 Å². The van der Waals surface area contributed by atoms with Gasteiger partial charge in [0.15, 0.2) is 0 Å². The Bertz CT molecular complexity index is 612. The lowest BCUT2D eigenvalue weighted by Gasteiger charge is -2.07. The Morgan fingerprint density at radius 3 is 2.58 bits per heavy atom. The number of hydrogen-bond acceptors (Lipinski definition) is 6. The summed E-state index contributed by atoms with van der Waals surface area (Å²) in [6.07, 6.45) is 0. The van der Waals surface area contributed by atoms with E-state index < -0.39 is 33.1 Å². The van der Waals surface area contributed by atoms with Gasteiger partial charge in [-0.2, -0.15) is 0 Å². The van der Waals surface area contributed by atoms with Crippen LogP contribution in [0.15, 0.2) is 23.1 Å². The molecule has 1 rings (SSSR count). The first-order valence-corrected chi connectivity index (χ1v) is 6.44. The highest BCUT2D eigenvalue weighted by molar-refractivity contribution is 7.89. The molecule has 0 atom stereocenters. The van der Waals surface area contributed by atoms with Crippen molar-refractivity contribution in [3.05, 3.63) is 28.3 Å². The molecule has 9 nitrogen and oxygen atoms in total. The number of carboxylic acids is 1. The molecule has 0 saturated heterocycles. The van der Waals surface area contributed by atoms with Crippen molar-refractivity contribution in [2.45, 2.75) is 4.90 Å². The van der Waals surface area contributed by atoms with E-state index in [-0.39, 0.29) is 10.6 Å². The molecule has 0 aliphatic heterocycles. The molecule has 3 N–H and O–H groups in total. The zero-order valence-electron chi connectivity index (χ0n) is 9.78. The van der Waals surface area contributed by atoms with Crippen molar-refractivity contribution >= 4 is 27.4 Å². The minimum absolute atomic E-state index is 0.0672. The second-order valence-electron chi connectivity index (χ2n) is 3.39. The van der Waals surface area contributed by atoms with E-state index in [2.05, 4.69) is 5.32 Å². The van der Waals surface area contributed by atoms with E-state index >= 15 is 0 Å². The summed E-state index contributed by atoms with van der Waals surface area (Å²) in [4.78, 5) is 20.2. The van der Waals surface area contributed by atoms with Crippen LogP contribution in [0.4, 0.5) is 11.4 Å². The maximum Gasteiger partial charge on any atom is 0.322 e. The predicted molar refractivity (Wildman–Crippen MR) is 65.5 cm³/mol. The van der Waals surface area contributed by atoms with E-state index in [0.29, 0.717) is 0 Å². The van der Waals surface area contributed by atoms with Crippen molar-refractivity contribution in [3.63, 3.8) is 0 Å². The number of carbonyl (C=O) groups is 1. The van der Waals surface area contributed by atoms with Crippen molar-refractivity contribution in [1.82, 2.24) is 4.72 Å². The van der Waals surface area contributed by atoms with Gasteiger partial charge in [0.1, 0.15) is 12.2 Å². The fraction of sp³-hybridized carbons (Fsp3) is 0.222. The Morgan fingerprint density at radius 2 is 2.11 bits per heavy atom. The number of nitro groups is 1. The second kappa shape index (κ2) is 5.63. The van der Waals surface area contributed by atoms with Crippen molar-refractivity contribution in [2.75, 3.05) is 18.9 Å². The van der Waals surface area contributed by atoms with Crippen LogP contribution in [0, 0.1) is 10.1 Å². The number of benzene rings is 1. The van der Waals surface area contributed by atoms with Gasteiger partial charge in [-0.3, -0.25) is 14.9 Å². The Labute approximate surface area is 108 Å². The summed E-state index contributed by atoms with van der Waals surface area (Å²) in [5, 5.41) is 21.7. The maximum atomic E-state index is 11.5. The Balaban J connectivity index is 3.23. The third-order valence-electron chi connectivity index (χ3n) is 2.17. The summed E-state index contributed by atoms with van der Waals surface area (Å²) in [5.41, 5.74) is -0.583. The molecule has 0 fully saturated rings. The molecular weight excluding hydrogens is 278 g/mol. The lowest BCUT2D eigenvalue weighted by atomic mass is 10.2. The Kier molecular flexibility index (Phi) is 4.40. The van der Waals surface area contributed by atoms with E-state index in [1.165, 1.54) is 7.05 Å². The average molecular weight is 289 g/mol. The fourth-order valence-electron chi connectivity index (χ4n) is 1.27. The first kappa shape index (κ1) is 14.9. The van der Waals surface area contributed by atoms with E-state index in [1.807, 2.05) is 4.72 Å². The molecule has 10 heteroatoms. The van der Waals surface area contributed by atoms with Gasteiger partial charge in [0.25, 0.3) is 5.69 Å². The quantitative estimate of drug-likeness (QED) is 0.494. The smallest absolute Gasteiger partial charge is 0.322 e. The van der Waals surface area contributed by atoms with E-state index in [1.54, 1.807) is 0 Å². The molecule has 1 aromatic carbocycles. The highest BCUT2D eigenvalue weighted by atomic mass is 32.2. The number of nitrogens with one attached hydrogen (secondary N) is 2.